The Labute approximate surface area is 206 Å². The summed E-state index contributed by atoms with van der Waals surface area (Å²) in [7, 11) is -1.89. The Morgan fingerprint density at radius 2 is 1.07 bits per heavy atom. The van der Waals surface area contributed by atoms with E-state index in [0.29, 0.717) is 0 Å². The largest absolute Gasteiger partial charge is 4.00 e. The molecular formula is C24H26Br2SiZr. The molecule has 28 heavy (non-hydrogen) atoms. The van der Waals surface area contributed by atoms with Gasteiger partial charge in [-0.25, -0.2) is 0 Å². The number of hydrogen-bond donors (Lipinski definition) is 0. The minimum Gasteiger partial charge on any atom is -0.358 e. The van der Waals surface area contributed by atoms with Gasteiger partial charge in [0.05, 0.1) is 0 Å². The van der Waals surface area contributed by atoms with Crippen LogP contribution in [0.5, 0.6) is 0 Å². The van der Waals surface area contributed by atoms with Crippen molar-refractivity contribution in [2.45, 2.75) is 26.9 Å². The van der Waals surface area contributed by atoms with Crippen LogP contribution < -0.4 is 10.4 Å². The van der Waals surface area contributed by atoms with Crippen molar-refractivity contribution in [2.24, 2.45) is 0 Å². The number of hydrogen-bond acceptors (Lipinski definition) is 0. The van der Waals surface area contributed by atoms with Crippen molar-refractivity contribution in [3.05, 3.63) is 83.5 Å². The van der Waals surface area contributed by atoms with Gasteiger partial charge >= 0.3 is 26.2 Å². The Hall–Kier alpha value is -0.280. The van der Waals surface area contributed by atoms with Crippen molar-refractivity contribution in [3.63, 3.8) is 0 Å². The fourth-order valence-corrected chi connectivity index (χ4v) is 10.3. The van der Waals surface area contributed by atoms with Gasteiger partial charge in [-0.15, -0.1) is 69.1 Å². The van der Waals surface area contributed by atoms with Gasteiger partial charge in [-0.2, -0.15) is 10.4 Å². The third kappa shape index (κ3) is 3.87. The van der Waals surface area contributed by atoms with Gasteiger partial charge in [0.15, 0.2) is 0 Å². The summed E-state index contributed by atoms with van der Waals surface area (Å²) in [5.41, 5.74) is 2.83. The number of rotatable bonds is 2. The van der Waals surface area contributed by atoms with Gasteiger partial charge in [0, 0.05) is 8.07 Å². The van der Waals surface area contributed by atoms with Crippen molar-refractivity contribution < 1.29 is 26.2 Å². The summed E-state index contributed by atoms with van der Waals surface area (Å²) in [6.07, 6.45) is 0. The zero-order valence-corrected chi connectivity index (χ0v) is 24.0. The molecular weight excluding hydrogens is 567 g/mol. The minimum absolute atomic E-state index is 0. The standard InChI is InChI=1S/C22H20Br2Si.2CH3.Zr/c1-13-11-15-7-5-9-17(23)19(15)21(13)25(3,4)22-14(2)12-16-8-6-10-18(24)20(16)22;;;/h5-12H,1-4H3;2*1H3;/q-2;2*-1;+4. The maximum atomic E-state index is 3.81. The molecule has 0 heterocycles. The second-order valence-electron chi connectivity index (χ2n) is 7.44. The summed E-state index contributed by atoms with van der Waals surface area (Å²) >= 11 is 7.63. The number of aryl methyl sites for hydroxylation is 2. The average Bonchev–Trinajstić information content (AvgIpc) is 3.05. The predicted octanol–water partition coefficient (Wildman–Crippen LogP) is 7.29. The molecule has 4 rings (SSSR count). The van der Waals surface area contributed by atoms with E-state index in [1.165, 1.54) is 41.6 Å². The molecule has 0 amide bonds. The Bertz CT molecular complexity index is 1030. The SMILES string of the molecule is Cc1[cH-]c2cccc(Br)c2c1[Si](C)(C)c1c(C)[cH-]c2cccc(Br)c12.[CH3-].[CH3-].[Zr+4]. The molecule has 0 bridgehead atoms. The molecule has 0 atom stereocenters. The normalized spacial score (nSPS) is 11.1. The van der Waals surface area contributed by atoms with Crippen molar-refractivity contribution in [3.8, 4) is 0 Å². The van der Waals surface area contributed by atoms with E-state index in [2.05, 4.69) is 107 Å². The van der Waals surface area contributed by atoms with Gasteiger partial charge in [0.1, 0.15) is 0 Å². The molecule has 144 valence electrons. The van der Waals surface area contributed by atoms with Crippen LogP contribution in [-0.4, -0.2) is 8.07 Å². The van der Waals surface area contributed by atoms with Crippen LogP contribution in [0, 0.1) is 28.7 Å². The van der Waals surface area contributed by atoms with Crippen molar-refractivity contribution in [2.75, 3.05) is 0 Å². The quantitative estimate of drug-likeness (QED) is 0.169. The maximum Gasteiger partial charge on any atom is 4.00 e. The van der Waals surface area contributed by atoms with E-state index in [1.54, 1.807) is 10.4 Å². The van der Waals surface area contributed by atoms with Crippen molar-refractivity contribution >= 4 is 71.9 Å². The van der Waals surface area contributed by atoms with Gasteiger partial charge in [-0.3, -0.25) is 0 Å². The summed E-state index contributed by atoms with van der Waals surface area (Å²) in [5, 5.41) is 8.60. The Morgan fingerprint density at radius 3 is 1.43 bits per heavy atom. The number of fused-ring (bicyclic) bond motifs is 2. The first-order chi connectivity index (χ1) is 11.8. The third-order valence-electron chi connectivity index (χ3n) is 5.37. The molecule has 4 aromatic carbocycles. The maximum absolute atomic E-state index is 3.81. The van der Waals surface area contributed by atoms with E-state index in [9.17, 15) is 0 Å². The van der Waals surface area contributed by atoms with Crippen LogP contribution in [-0.2, 0) is 26.2 Å². The van der Waals surface area contributed by atoms with Gasteiger partial charge in [0.2, 0.25) is 0 Å². The average molecular weight is 594 g/mol. The topological polar surface area (TPSA) is 0 Å². The molecule has 0 fully saturated rings. The second-order valence-corrected chi connectivity index (χ2v) is 13.4. The zero-order chi connectivity index (χ0) is 17.9. The molecule has 0 radical (unpaired) electrons. The van der Waals surface area contributed by atoms with E-state index in [1.807, 2.05) is 0 Å². The summed E-state index contributed by atoms with van der Waals surface area (Å²) in [6, 6.07) is 17.7. The summed E-state index contributed by atoms with van der Waals surface area (Å²) in [5.74, 6) is 0. The molecule has 4 aromatic rings. The molecule has 0 aliphatic carbocycles. The fraction of sp³-hybridized carbons (Fsp3) is 0.167. The molecule has 0 saturated carbocycles. The molecule has 0 aromatic heterocycles. The molecule has 0 aliphatic rings. The van der Waals surface area contributed by atoms with Gasteiger partial charge < -0.3 is 14.9 Å². The summed E-state index contributed by atoms with van der Waals surface area (Å²) in [6.45, 7) is 9.53. The van der Waals surface area contributed by atoms with Gasteiger partial charge in [-0.1, -0.05) is 70.9 Å². The molecule has 0 nitrogen and oxygen atoms in total. The van der Waals surface area contributed by atoms with Crippen LogP contribution >= 0.6 is 31.9 Å². The third-order valence-corrected chi connectivity index (χ3v) is 10.5. The van der Waals surface area contributed by atoms with Gasteiger partial charge in [-0.05, 0) is 8.95 Å². The summed E-state index contributed by atoms with van der Waals surface area (Å²) in [4.78, 5) is 0. The smallest absolute Gasteiger partial charge is 0.358 e. The number of benzene rings is 2. The number of halogens is 2. The van der Waals surface area contributed by atoms with Crippen LogP contribution in [0.3, 0.4) is 0 Å². The van der Waals surface area contributed by atoms with E-state index >= 15 is 0 Å². The first-order valence-electron chi connectivity index (χ1n) is 8.52. The molecule has 0 N–H and O–H groups in total. The Balaban J connectivity index is 0.00000131. The van der Waals surface area contributed by atoms with Crippen molar-refractivity contribution in [1.82, 2.24) is 0 Å². The predicted molar refractivity (Wildman–Crippen MR) is 134 cm³/mol. The van der Waals surface area contributed by atoms with E-state index in [4.69, 9.17) is 0 Å². The van der Waals surface area contributed by atoms with E-state index < -0.39 is 8.07 Å². The zero-order valence-electron chi connectivity index (χ0n) is 17.4. The fourth-order valence-electron chi connectivity index (χ4n) is 4.59. The first-order valence-corrected chi connectivity index (χ1v) is 13.1. The van der Waals surface area contributed by atoms with Crippen LogP contribution in [0.25, 0.3) is 21.5 Å². The summed E-state index contributed by atoms with van der Waals surface area (Å²) < 4.78 is 2.42. The van der Waals surface area contributed by atoms with Crippen LogP contribution in [0.15, 0.2) is 57.5 Å². The van der Waals surface area contributed by atoms with E-state index in [0.717, 1.165) is 0 Å². The van der Waals surface area contributed by atoms with Crippen LogP contribution in [0.2, 0.25) is 13.1 Å². The van der Waals surface area contributed by atoms with Crippen LogP contribution in [0.1, 0.15) is 11.1 Å². The second kappa shape index (κ2) is 9.25. The first kappa shape index (κ1) is 25.8. The molecule has 0 spiro atoms. The molecule has 0 saturated heterocycles. The molecule has 0 aliphatic heterocycles. The van der Waals surface area contributed by atoms with Crippen LogP contribution in [0.4, 0.5) is 0 Å². The minimum atomic E-state index is -1.89. The Kier molecular flexibility index (Phi) is 8.51. The van der Waals surface area contributed by atoms with Gasteiger partial charge in [0.25, 0.3) is 0 Å². The van der Waals surface area contributed by atoms with E-state index in [-0.39, 0.29) is 41.1 Å². The molecule has 0 unspecified atom stereocenters. The Morgan fingerprint density at radius 1 is 0.714 bits per heavy atom. The molecule has 4 heteroatoms. The monoisotopic (exact) mass is 590 g/mol. The van der Waals surface area contributed by atoms with Crippen molar-refractivity contribution in [1.29, 1.82) is 0 Å².